The summed E-state index contributed by atoms with van der Waals surface area (Å²) in [4.78, 5) is 24.4. The van der Waals surface area contributed by atoms with Crippen LogP contribution in [0.5, 0.6) is 0 Å². The van der Waals surface area contributed by atoms with Crippen molar-refractivity contribution >= 4 is 29.4 Å². The molecule has 1 amide bonds. The average molecular weight is 537 g/mol. The molecule has 0 saturated heterocycles. The van der Waals surface area contributed by atoms with Gasteiger partial charge in [-0.25, -0.2) is 9.18 Å². The Morgan fingerprint density at radius 2 is 1.82 bits per heavy atom. The predicted molar refractivity (Wildman–Crippen MR) is 143 cm³/mol. The Labute approximate surface area is 224 Å². The van der Waals surface area contributed by atoms with E-state index >= 15 is 0 Å². The molecule has 1 heterocycles. The van der Waals surface area contributed by atoms with E-state index in [2.05, 4.69) is 10.5 Å². The summed E-state index contributed by atoms with van der Waals surface area (Å²) < 4.78 is 30.6. The molecular weight excluding hydrogens is 511 g/mol. The van der Waals surface area contributed by atoms with Crippen LogP contribution < -0.4 is 5.32 Å². The summed E-state index contributed by atoms with van der Waals surface area (Å²) in [6, 6.07) is 18.8. The summed E-state index contributed by atoms with van der Waals surface area (Å²) in [5.74, 6) is -0.523. The predicted octanol–water partition coefficient (Wildman–Crippen LogP) is 7.01. The number of rotatable bonds is 9. The fraction of sp³-hybridized carbons (Fsp3) is 0.207. The van der Waals surface area contributed by atoms with E-state index in [0.717, 1.165) is 5.56 Å². The van der Waals surface area contributed by atoms with Crippen molar-refractivity contribution < 1.29 is 28.0 Å². The van der Waals surface area contributed by atoms with Gasteiger partial charge in [-0.1, -0.05) is 59.2 Å². The first-order valence-corrected chi connectivity index (χ1v) is 12.4. The van der Waals surface area contributed by atoms with Gasteiger partial charge in [-0.3, -0.25) is 10.1 Å². The number of halogens is 2. The van der Waals surface area contributed by atoms with Crippen LogP contribution in [0.2, 0.25) is 5.02 Å². The molecule has 1 aromatic heterocycles. The molecule has 0 aliphatic carbocycles. The van der Waals surface area contributed by atoms with Gasteiger partial charge in [0.1, 0.15) is 17.2 Å². The highest BCUT2D eigenvalue weighted by Gasteiger charge is 2.19. The minimum Gasteiger partial charge on any atom is -0.466 e. The highest BCUT2D eigenvalue weighted by Crippen LogP contribution is 2.34. The van der Waals surface area contributed by atoms with Crippen molar-refractivity contribution in [2.45, 2.75) is 26.7 Å². The van der Waals surface area contributed by atoms with Crippen molar-refractivity contribution in [1.82, 2.24) is 5.16 Å². The number of aryl methyl sites for hydroxylation is 1. The van der Waals surface area contributed by atoms with E-state index in [4.69, 9.17) is 25.6 Å². The van der Waals surface area contributed by atoms with Crippen molar-refractivity contribution in [1.29, 1.82) is 0 Å². The third kappa shape index (κ3) is 6.58. The highest BCUT2D eigenvalue weighted by molar-refractivity contribution is 6.31. The second-order valence-corrected chi connectivity index (χ2v) is 8.86. The maximum absolute atomic E-state index is 14.8. The molecule has 7 nitrogen and oxygen atoms in total. The first-order chi connectivity index (χ1) is 18.4. The fourth-order valence-electron chi connectivity index (χ4n) is 3.92. The van der Waals surface area contributed by atoms with Gasteiger partial charge in [0.05, 0.1) is 19.6 Å². The molecule has 0 atom stereocenters. The first-order valence-electron chi connectivity index (χ1n) is 12.0. The van der Waals surface area contributed by atoms with Gasteiger partial charge in [-0.2, -0.15) is 0 Å². The minimum absolute atomic E-state index is 0.0365. The Morgan fingerprint density at radius 3 is 2.61 bits per heavy atom. The summed E-state index contributed by atoms with van der Waals surface area (Å²) in [6.45, 7) is 3.83. The topological polar surface area (TPSA) is 90.7 Å². The van der Waals surface area contributed by atoms with Crippen LogP contribution in [0.1, 0.15) is 23.7 Å². The maximum atomic E-state index is 14.8. The van der Waals surface area contributed by atoms with Crippen LogP contribution in [0.4, 0.5) is 14.9 Å². The van der Waals surface area contributed by atoms with Gasteiger partial charge in [-0.15, -0.1) is 0 Å². The number of hydrogen-bond donors (Lipinski definition) is 1. The zero-order valence-electron chi connectivity index (χ0n) is 20.9. The van der Waals surface area contributed by atoms with Gasteiger partial charge in [0.2, 0.25) is 0 Å². The molecule has 0 aliphatic rings. The number of nitrogens with zero attached hydrogens (tertiary/aromatic N) is 1. The third-order valence-corrected chi connectivity index (χ3v) is 6.14. The Morgan fingerprint density at radius 1 is 1.03 bits per heavy atom. The number of ether oxygens (including phenoxy) is 2. The molecule has 4 aromatic rings. The molecule has 3 aromatic carbocycles. The molecule has 0 fully saturated rings. The lowest BCUT2D eigenvalue weighted by Gasteiger charge is -2.10. The lowest BCUT2D eigenvalue weighted by atomic mass is 9.98. The molecule has 0 saturated carbocycles. The van der Waals surface area contributed by atoms with Crippen molar-refractivity contribution in [3.8, 4) is 22.5 Å². The standard InChI is InChI=1S/C29H26ClFN2O5/c1-3-36-26(34)16-19-11-12-25(31)23(15-19)21-8-6-9-22(17-21)28-27(18(2)33-38-28)32-29(35)37-14-13-20-7-4-5-10-24(20)30/h4-12,15,17H,3,13-14,16H2,1-2H3,(H,32,35). The highest BCUT2D eigenvalue weighted by atomic mass is 35.5. The Hall–Kier alpha value is -4.17. The summed E-state index contributed by atoms with van der Waals surface area (Å²) in [7, 11) is 0. The number of carbonyl (C=O) groups is 2. The van der Waals surface area contributed by atoms with E-state index in [9.17, 15) is 14.0 Å². The number of anilines is 1. The van der Waals surface area contributed by atoms with Crippen LogP contribution in [-0.4, -0.2) is 30.4 Å². The first kappa shape index (κ1) is 26.9. The van der Waals surface area contributed by atoms with Crippen LogP contribution in [0.15, 0.2) is 71.3 Å². The van der Waals surface area contributed by atoms with E-state index in [1.54, 1.807) is 56.3 Å². The van der Waals surface area contributed by atoms with Gasteiger partial charge in [-0.05, 0) is 54.8 Å². The Balaban J connectivity index is 1.51. The SMILES string of the molecule is CCOC(=O)Cc1ccc(F)c(-c2cccc(-c3onc(C)c3NC(=O)OCCc3ccccc3Cl)c2)c1. The van der Waals surface area contributed by atoms with E-state index in [1.165, 1.54) is 6.07 Å². The van der Waals surface area contributed by atoms with Gasteiger partial charge < -0.3 is 14.0 Å². The second-order valence-electron chi connectivity index (χ2n) is 8.45. The monoisotopic (exact) mass is 536 g/mol. The summed E-state index contributed by atoms with van der Waals surface area (Å²) in [5, 5.41) is 7.28. The van der Waals surface area contributed by atoms with Gasteiger partial charge in [0, 0.05) is 22.6 Å². The molecule has 0 spiro atoms. The molecule has 0 aliphatic heterocycles. The van der Waals surface area contributed by atoms with Crippen LogP contribution >= 0.6 is 11.6 Å². The molecule has 0 radical (unpaired) electrons. The average Bonchev–Trinajstić information content (AvgIpc) is 3.26. The largest absolute Gasteiger partial charge is 0.466 e. The minimum atomic E-state index is -0.668. The number of benzene rings is 3. The van der Waals surface area contributed by atoms with Gasteiger partial charge in [0.25, 0.3) is 0 Å². The third-order valence-electron chi connectivity index (χ3n) is 5.77. The summed E-state index contributed by atoms with van der Waals surface area (Å²) in [6.07, 6.45) is -0.168. The van der Waals surface area contributed by atoms with Crippen molar-refractivity contribution in [2.75, 3.05) is 18.5 Å². The Bertz CT molecular complexity index is 1450. The molecule has 38 heavy (non-hydrogen) atoms. The number of aromatic nitrogens is 1. The van der Waals surface area contributed by atoms with Crippen molar-refractivity contribution in [3.05, 3.63) is 94.4 Å². The molecule has 9 heteroatoms. The van der Waals surface area contributed by atoms with Gasteiger partial charge in [0.15, 0.2) is 5.76 Å². The lowest BCUT2D eigenvalue weighted by Crippen LogP contribution is -2.16. The smallest absolute Gasteiger partial charge is 0.411 e. The summed E-state index contributed by atoms with van der Waals surface area (Å²) >= 11 is 6.15. The van der Waals surface area contributed by atoms with E-state index in [0.29, 0.717) is 50.8 Å². The number of carbonyl (C=O) groups excluding carboxylic acids is 2. The number of nitrogens with one attached hydrogen (secondary N) is 1. The molecular formula is C29H26ClFN2O5. The fourth-order valence-corrected chi connectivity index (χ4v) is 4.15. The Kier molecular flexibility index (Phi) is 8.76. The molecule has 0 unspecified atom stereocenters. The normalized spacial score (nSPS) is 10.7. The van der Waals surface area contributed by atoms with E-state index < -0.39 is 11.9 Å². The quantitative estimate of drug-likeness (QED) is 0.231. The van der Waals surface area contributed by atoms with Crippen LogP contribution in [0.25, 0.3) is 22.5 Å². The summed E-state index contributed by atoms with van der Waals surface area (Å²) in [5.41, 5.74) is 3.76. The number of hydrogen-bond acceptors (Lipinski definition) is 6. The zero-order valence-corrected chi connectivity index (χ0v) is 21.7. The molecule has 196 valence electrons. The van der Waals surface area contributed by atoms with Gasteiger partial charge >= 0.3 is 12.1 Å². The molecule has 1 N–H and O–H groups in total. The van der Waals surface area contributed by atoms with Crippen LogP contribution in [-0.2, 0) is 27.1 Å². The van der Waals surface area contributed by atoms with Crippen LogP contribution in [0.3, 0.4) is 0 Å². The van der Waals surface area contributed by atoms with E-state index in [1.807, 2.05) is 18.2 Å². The van der Waals surface area contributed by atoms with E-state index in [-0.39, 0.29) is 25.6 Å². The number of esters is 1. The van der Waals surface area contributed by atoms with Crippen molar-refractivity contribution in [3.63, 3.8) is 0 Å². The maximum Gasteiger partial charge on any atom is 0.411 e. The molecule has 0 bridgehead atoms. The second kappa shape index (κ2) is 12.4. The van der Waals surface area contributed by atoms with Crippen molar-refractivity contribution in [2.24, 2.45) is 0 Å². The molecule has 4 rings (SSSR count). The van der Waals surface area contributed by atoms with Crippen LogP contribution in [0, 0.1) is 12.7 Å². The zero-order chi connectivity index (χ0) is 27.1. The number of amides is 1. The lowest BCUT2D eigenvalue weighted by molar-refractivity contribution is -0.142.